The molecule has 0 radical (unpaired) electrons. The fourth-order valence-corrected chi connectivity index (χ4v) is 4.48. The highest BCUT2D eigenvalue weighted by molar-refractivity contribution is 7.89. The second-order valence-electron chi connectivity index (χ2n) is 6.78. The Bertz CT molecular complexity index is 1140. The molecule has 7 nitrogen and oxygen atoms in total. The fourth-order valence-electron chi connectivity index (χ4n) is 2.67. The van der Waals surface area contributed by atoms with Gasteiger partial charge in [-0.2, -0.15) is 0 Å². The molecule has 1 aromatic carbocycles. The number of nitrogens with one attached hydrogen (secondary N) is 1. The summed E-state index contributed by atoms with van der Waals surface area (Å²) >= 11 is 1.43. The molecule has 2 heterocycles. The van der Waals surface area contributed by atoms with Crippen LogP contribution in [-0.2, 0) is 21.2 Å². The van der Waals surface area contributed by atoms with Crippen LogP contribution in [0.3, 0.4) is 0 Å². The maximum Gasteiger partial charge on any atom is 0.242 e. The zero-order valence-electron chi connectivity index (χ0n) is 16.6. The normalized spacial score (nSPS) is 11.6. The lowest BCUT2D eigenvalue weighted by Gasteiger charge is -2.16. The van der Waals surface area contributed by atoms with Gasteiger partial charge in [0.25, 0.3) is 0 Å². The van der Waals surface area contributed by atoms with Gasteiger partial charge in [-0.25, -0.2) is 17.7 Å². The summed E-state index contributed by atoms with van der Waals surface area (Å²) in [4.78, 5) is 21.4. The summed E-state index contributed by atoms with van der Waals surface area (Å²) in [6, 6.07) is 8.69. The Kier molecular flexibility index (Phi) is 6.11. The zero-order valence-corrected chi connectivity index (χ0v) is 18.3. The van der Waals surface area contributed by atoms with Gasteiger partial charge >= 0.3 is 0 Å². The monoisotopic (exact) mass is 430 g/mol. The summed E-state index contributed by atoms with van der Waals surface area (Å²) in [5, 5.41) is 5.40. The summed E-state index contributed by atoms with van der Waals surface area (Å²) in [5.74, 6) is -0.259. The number of hydrogen-bond acceptors (Lipinski definition) is 6. The molecule has 9 heteroatoms. The number of anilines is 1. The number of aromatic nitrogens is 2. The zero-order chi connectivity index (χ0) is 21.2. The molecule has 0 fully saturated rings. The average Bonchev–Trinajstić information content (AvgIpc) is 3.14. The van der Waals surface area contributed by atoms with Crippen molar-refractivity contribution in [1.29, 1.82) is 0 Å². The van der Waals surface area contributed by atoms with E-state index < -0.39 is 10.0 Å². The van der Waals surface area contributed by atoms with E-state index in [2.05, 4.69) is 15.3 Å². The van der Waals surface area contributed by atoms with Crippen LogP contribution in [0, 0.1) is 13.8 Å². The molecular formula is C20H22N4O3S2. The van der Waals surface area contributed by atoms with Crippen molar-refractivity contribution in [3.8, 4) is 10.7 Å². The first-order valence-corrected chi connectivity index (χ1v) is 11.2. The van der Waals surface area contributed by atoms with Crippen LogP contribution in [0.5, 0.6) is 0 Å². The van der Waals surface area contributed by atoms with Crippen LogP contribution < -0.4 is 5.32 Å². The van der Waals surface area contributed by atoms with Crippen LogP contribution in [0.15, 0.2) is 46.8 Å². The first-order chi connectivity index (χ1) is 13.7. The van der Waals surface area contributed by atoms with Gasteiger partial charge in [-0.3, -0.25) is 9.78 Å². The number of aryl methyl sites for hydroxylation is 1. The molecule has 3 aromatic rings. The number of thiazole rings is 1. The summed E-state index contributed by atoms with van der Waals surface area (Å²) in [7, 11) is -0.643. The van der Waals surface area contributed by atoms with Crippen LogP contribution in [0.2, 0.25) is 0 Å². The van der Waals surface area contributed by atoms with E-state index in [9.17, 15) is 13.2 Å². The van der Waals surface area contributed by atoms with Crippen LogP contribution in [0.25, 0.3) is 10.7 Å². The Balaban J connectivity index is 1.79. The van der Waals surface area contributed by atoms with Gasteiger partial charge in [0.2, 0.25) is 15.9 Å². The maximum atomic E-state index is 12.6. The molecule has 3 rings (SSSR count). The molecule has 1 N–H and O–H groups in total. The van der Waals surface area contributed by atoms with E-state index in [1.54, 1.807) is 12.3 Å². The summed E-state index contributed by atoms with van der Waals surface area (Å²) in [6.45, 7) is 3.66. The Morgan fingerprint density at radius 2 is 1.97 bits per heavy atom. The molecule has 0 bridgehead atoms. The Morgan fingerprint density at radius 1 is 1.21 bits per heavy atom. The van der Waals surface area contributed by atoms with Gasteiger partial charge in [-0.05, 0) is 49.2 Å². The maximum absolute atomic E-state index is 12.6. The molecule has 0 saturated carbocycles. The number of carbonyl (C=O) groups is 1. The lowest BCUT2D eigenvalue weighted by molar-refractivity contribution is -0.115. The number of rotatable bonds is 6. The topological polar surface area (TPSA) is 92.3 Å². The molecule has 0 saturated heterocycles. The van der Waals surface area contributed by atoms with Crippen LogP contribution in [-0.4, -0.2) is 42.7 Å². The average molecular weight is 431 g/mol. The molecule has 152 valence electrons. The molecule has 0 spiro atoms. The van der Waals surface area contributed by atoms with Gasteiger partial charge in [0.1, 0.15) is 5.01 Å². The second kappa shape index (κ2) is 8.40. The lowest BCUT2D eigenvalue weighted by Crippen LogP contribution is -2.23. The summed E-state index contributed by atoms with van der Waals surface area (Å²) < 4.78 is 26.1. The number of pyridine rings is 1. The van der Waals surface area contributed by atoms with E-state index >= 15 is 0 Å². The molecule has 0 atom stereocenters. The highest BCUT2D eigenvalue weighted by Gasteiger charge is 2.20. The minimum absolute atomic E-state index is 0.0898. The van der Waals surface area contributed by atoms with Crippen LogP contribution in [0.1, 0.15) is 16.8 Å². The highest BCUT2D eigenvalue weighted by Crippen LogP contribution is 2.26. The molecule has 2 aromatic heterocycles. The van der Waals surface area contributed by atoms with Gasteiger partial charge in [0.05, 0.1) is 22.7 Å². The molecule has 0 aliphatic carbocycles. The minimum Gasteiger partial charge on any atom is -0.325 e. The van der Waals surface area contributed by atoms with E-state index in [1.807, 2.05) is 37.4 Å². The van der Waals surface area contributed by atoms with Gasteiger partial charge in [0.15, 0.2) is 0 Å². The van der Waals surface area contributed by atoms with Gasteiger partial charge in [-0.15, -0.1) is 11.3 Å². The Hall–Kier alpha value is -2.62. The highest BCUT2D eigenvalue weighted by atomic mass is 32.2. The third kappa shape index (κ3) is 4.69. The Labute approximate surface area is 174 Å². The number of sulfonamides is 1. The predicted octanol–water partition coefficient (Wildman–Crippen LogP) is 3.25. The van der Waals surface area contributed by atoms with E-state index in [0.29, 0.717) is 11.4 Å². The SMILES string of the molecule is Cc1cc(S(=O)(=O)N(C)C)cc(NC(=O)Cc2csc(-c3ccccn3)n2)c1C. The van der Waals surface area contributed by atoms with Crippen molar-refractivity contribution in [2.45, 2.75) is 25.2 Å². The van der Waals surface area contributed by atoms with Crippen molar-refractivity contribution in [1.82, 2.24) is 14.3 Å². The summed E-state index contributed by atoms with van der Waals surface area (Å²) in [5.41, 5.74) is 3.49. The quantitative estimate of drug-likeness (QED) is 0.648. The summed E-state index contributed by atoms with van der Waals surface area (Å²) in [6.07, 6.45) is 1.79. The first-order valence-electron chi connectivity index (χ1n) is 8.88. The predicted molar refractivity (Wildman–Crippen MR) is 114 cm³/mol. The number of carbonyl (C=O) groups excluding carboxylic acids is 1. The Morgan fingerprint density at radius 3 is 2.62 bits per heavy atom. The number of nitrogens with zero attached hydrogens (tertiary/aromatic N) is 3. The van der Waals surface area contributed by atoms with Crippen LogP contribution in [0.4, 0.5) is 5.69 Å². The van der Waals surface area contributed by atoms with Crippen molar-refractivity contribution in [2.75, 3.05) is 19.4 Å². The van der Waals surface area contributed by atoms with Crippen molar-refractivity contribution in [3.05, 3.63) is 58.7 Å². The van der Waals surface area contributed by atoms with E-state index in [1.165, 1.54) is 31.5 Å². The number of benzene rings is 1. The molecule has 0 aliphatic rings. The van der Waals surface area contributed by atoms with E-state index in [-0.39, 0.29) is 17.2 Å². The second-order valence-corrected chi connectivity index (χ2v) is 9.79. The fraction of sp³-hybridized carbons (Fsp3) is 0.250. The third-order valence-corrected chi connectivity index (χ3v) is 7.18. The van der Waals surface area contributed by atoms with Gasteiger partial charge in [0, 0.05) is 31.4 Å². The number of hydrogen-bond donors (Lipinski definition) is 1. The van der Waals surface area contributed by atoms with E-state index in [4.69, 9.17) is 0 Å². The minimum atomic E-state index is -3.60. The third-order valence-electron chi connectivity index (χ3n) is 4.47. The lowest BCUT2D eigenvalue weighted by atomic mass is 10.1. The molecule has 1 amide bonds. The van der Waals surface area contributed by atoms with Crippen molar-refractivity contribution < 1.29 is 13.2 Å². The molecular weight excluding hydrogens is 408 g/mol. The van der Waals surface area contributed by atoms with Gasteiger partial charge < -0.3 is 5.32 Å². The molecule has 0 aliphatic heterocycles. The van der Waals surface area contributed by atoms with Crippen molar-refractivity contribution in [2.24, 2.45) is 0 Å². The standard InChI is InChI=1S/C20H22N4O3S2/c1-13-9-16(29(26,27)24(3)4)11-18(14(13)2)23-19(25)10-15-12-28-20(22-15)17-7-5-6-8-21-17/h5-9,11-12H,10H2,1-4H3,(H,23,25). The number of amides is 1. The molecule has 29 heavy (non-hydrogen) atoms. The van der Waals surface area contributed by atoms with Crippen LogP contribution >= 0.6 is 11.3 Å². The largest absolute Gasteiger partial charge is 0.325 e. The van der Waals surface area contributed by atoms with Crippen molar-refractivity contribution in [3.63, 3.8) is 0 Å². The van der Waals surface area contributed by atoms with Crippen molar-refractivity contribution >= 4 is 33.0 Å². The smallest absolute Gasteiger partial charge is 0.242 e. The van der Waals surface area contributed by atoms with Gasteiger partial charge in [-0.1, -0.05) is 6.07 Å². The first kappa shape index (κ1) is 21.1. The van der Waals surface area contributed by atoms with E-state index in [0.717, 1.165) is 26.1 Å². The molecule has 0 unspecified atom stereocenters.